The number of aromatic nitrogens is 3. The van der Waals surface area contributed by atoms with Gasteiger partial charge in [0.2, 0.25) is 0 Å². The molecule has 2 heterocycles. The summed E-state index contributed by atoms with van der Waals surface area (Å²) < 4.78 is 1.44. The van der Waals surface area contributed by atoms with Gasteiger partial charge in [-0.15, -0.1) is 0 Å². The Kier molecular flexibility index (Phi) is 4.27. The van der Waals surface area contributed by atoms with Gasteiger partial charge in [0.05, 0.1) is 12.2 Å². The zero-order valence-corrected chi connectivity index (χ0v) is 12.3. The smallest absolute Gasteiger partial charge is 0.267 e. The predicted octanol–water partition coefficient (Wildman–Crippen LogP) is 0.947. The van der Waals surface area contributed by atoms with E-state index in [2.05, 4.69) is 15.4 Å². The molecule has 1 amide bonds. The predicted molar refractivity (Wildman–Crippen MR) is 81.7 cm³/mol. The lowest BCUT2D eigenvalue weighted by Gasteiger charge is -2.16. The van der Waals surface area contributed by atoms with Crippen molar-refractivity contribution in [1.29, 1.82) is 0 Å². The Balaban J connectivity index is 1.62. The second kappa shape index (κ2) is 6.51. The minimum atomic E-state index is -0.173. The Morgan fingerprint density at radius 3 is 2.82 bits per heavy atom. The van der Waals surface area contributed by atoms with E-state index in [0.717, 1.165) is 36.9 Å². The number of rotatable bonds is 4. The average molecular weight is 298 g/mol. The zero-order chi connectivity index (χ0) is 15.4. The van der Waals surface area contributed by atoms with Crippen molar-refractivity contribution in [3.05, 3.63) is 57.8 Å². The van der Waals surface area contributed by atoms with Crippen molar-refractivity contribution in [2.45, 2.75) is 32.2 Å². The summed E-state index contributed by atoms with van der Waals surface area (Å²) in [5.41, 5.74) is 2.55. The zero-order valence-electron chi connectivity index (χ0n) is 12.3. The largest absolute Gasteiger partial charge is 0.350 e. The first-order valence-electron chi connectivity index (χ1n) is 7.52. The molecule has 6 nitrogen and oxygen atoms in total. The van der Waals surface area contributed by atoms with E-state index < -0.39 is 0 Å². The molecule has 0 unspecified atom stereocenters. The van der Waals surface area contributed by atoms with Gasteiger partial charge >= 0.3 is 0 Å². The summed E-state index contributed by atoms with van der Waals surface area (Å²) >= 11 is 0. The summed E-state index contributed by atoms with van der Waals surface area (Å²) in [7, 11) is 0. The van der Waals surface area contributed by atoms with Gasteiger partial charge in [-0.1, -0.05) is 0 Å². The molecule has 0 spiro atoms. The number of carbonyl (C=O) groups is 1. The van der Waals surface area contributed by atoms with Crippen molar-refractivity contribution in [3.8, 4) is 0 Å². The molecule has 0 atom stereocenters. The molecule has 0 saturated heterocycles. The molecule has 0 fully saturated rings. The van der Waals surface area contributed by atoms with Crippen LogP contribution in [0.25, 0.3) is 0 Å². The molecule has 1 aliphatic rings. The number of hydrogen-bond donors (Lipinski definition) is 1. The minimum absolute atomic E-state index is 0.0983. The average Bonchev–Trinajstić information content (AvgIpc) is 2.56. The van der Waals surface area contributed by atoms with Crippen molar-refractivity contribution in [3.63, 3.8) is 0 Å². The molecule has 0 aromatic carbocycles. The van der Waals surface area contributed by atoms with Crippen molar-refractivity contribution in [2.75, 3.05) is 6.54 Å². The van der Waals surface area contributed by atoms with Crippen LogP contribution in [-0.4, -0.2) is 27.2 Å². The normalized spacial score (nSPS) is 13.5. The third kappa shape index (κ3) is 3.21. The summed E-state index contributed by atoms with van der Waals surface area (Å²) in [5.74, 6) is -0.173. The summed E-state index contributed by atoms with van der Waals surface area (Å²) in [6, 6.07) is 4.99. The Morgan fingerprint density at radius 1 is 1.23 bits per heavy atom. The molecule has 2 aromatic rings. The highest BCUT2D eigenvalue weighted by atomic mass is 16.1. The molecule has 0 bridgehead atoms. The van der Waals surface area contributed by atoms with Crippen LogP contribution in [0.5, 0.6) is 0 Å². The van der Waals surface area contributed by atoms with Gasteiger partial charge in [0.25, 0.3) is 11.5 Å². The van der Waals surface area contributed by atoms with Crippen LogP contribution in [0.4, 0.5) is 0 Å². The van der Waals surface area contributed by atoms with Crippen molar-refractivity contribution in [2.24, 2.45) is 0 Å². The standard InChI is InChI=1S/C16H18N4O2/c21-15-11-13-3-1-2-4-14(13)19-20(15)10-9-18-16(22)12-5-7-17-8-6-12/h5-8,11H,1-4,9-10H2,(H,18,22). The highest BCUT2D eigenvalue weighted by Gasteiger charge is 2.13. The van der Waals surface area contributed by atoms with Gasteiger partial charge in [-0.25, -0.2) is 4.68 Å². The van der Waals surface area contributed by atoms with Gasteiger partial charge in [-0.2, -0.15) is 5.10 Å². The summed E-state index contributed by atoms with van der Waals surface area (Å²) in [6.07, 6.45) is 7.27. The number of aryl methyl sites for hydroxylation is 2. The van der Waals surface area contributed by atoms with Gasteiger partial charge in [-0.05, 0) is 43.4 Å². The molecule has 0 saturated carbocycles. The van der Waals surface area contributed by atoms with Crippen LogP contribution in [0.3, 0.4) is 0 Å². The van der Waals surface area contributed by atoms with Crippen LogP contribution in [0.1, 0.15) is 34.5 Å². The van der Waals surface area contributed by atoms with Crippen LogP contribution in [-0.2, 0) is 19.4 Å². The number of fused-ring (bicyclic) bond motifs is 1. The molecular formula is C16H18N4O2. The van der Waals surface area contributed by atoms with Crippen molar-refractivity contribution in [1.82, 2.24) is 20.1 Å². The number of pyridine rings is 1. The molecule has 2 aromatic heterocycles. The molecule has 0 radical (unpaired) electrons. The van der Waals surface area contributed by atoms with E-state index in [1.807, 2.05) is 0 Å². The van der Waals surface area contributed by atoms with Gasteiger partial charge in [0.1, 0.15) is 0 Å². The lowest BCUT2D eigenvalue weighted by molar-refractivity contribution is 0.0951. The number of carbonyl (C=O) groups excluding carboxylic acids is 1. The Morgan fingerprint density at radius 2 is 2.00 bits per heavy atom. The Hall–Kier alpha value is -2.50. The van der Waals surface area contributed by atoms with Crippen LogP contribution in [0, 0.1) is 0 Å². The molecule has 1 N–H and O–H groups in total. The van der Waals surface area contributed by atoms with Crippen LogP contribution in [0.15, 0.2) is 35.4 Å². The third-order valence-electron chi connectivity index (χ3n) is 3.83. The lowest BCUT2D eigenvalue weighted by atomic mass is 9.97. The maximum Gasteiger partial charge on any atom is 0.267 e. The van der Waals surface area contributed by atoms with E-state index in [4.69, 9.17) is 0 Å². The monoisotopic (exact) mass is 298 g/mol. The number of nitrogens with one attached hydrogen (secondary N) is 1. The lowest BCUT2D eigenvalue weighted by Crippen LogP contribution is -2.33. The van der Waals surface area contributed by atoms with Crippen molar-refractivity contribution >= 4 is 5.91 Å². The molecule has 6 heteroatoms. The second-order valence-electron chi connectivity index (χ2n) is 5.38. The molecule has 0 aliphatic heterocycles. The van der Waals surface area contributed by atoms with E-state index in [0.29, 0.717) is 18.7 Å². The van der Waals surface area contributed by atoms with Crippen LogP contribution >= 0.6 is 0 Å². The molecular weight excluding hydrogens is 280 g/mol. The minimum Gasteiger partial charge on any atom is -0.350 e. The van der Waals surface area contributed by atoms with Gasteiger partial charge in [0, 0.05) is 30.6 Å². The van der Waals surface area contributed by atoms with Gasteiger partial charge in [0.15, 0.2) is 0 Å². The summed E-state index contributed by atoms with van der Waals surface area (Å²) in [6.45, 7) is 0.746. The van der Waals surface area contributed by atoms with E-state index in [9.17, 15) is 9.59 Å². The first-order valence-corrected chi connectivity index (χ1v) is 7.52. The number of nitrogens with zero attached hydrogens (tertiary/aromatic N) is 3. The van der Waals surface area contributed by atoms with Crippen LogP contribution in [0.2, 0.25) is 0 Å². The Labute approximate surface area is 128 Å². The second-order valence-corrected chi connectivity index (χ2v) is 5.38. The van der Waals surface area contributed by atoms with E-state index >= 15 is 0 Å². The van der Waals surface area contributed by atoms with E-state index in [1.54, 1.807) is 30.6 Å². The highest BCUT2D eigenvalue weighted by Crippen LogP contribution is 2.16. The molecule has 114 valence electrons. The molecule has 3 rings (SSSR count). The van der Waals surface area contributed by atoms with E-state index in [-0.39, 0.29) is 11.5 Å². The maximum absolute atomic E-state index is 12.0. The fourth-order valence-corrected chi connectivity index (χ4v) is 2.64. The fraction of sp³-hybridized carbons (Fsp3) is 0.375. The highest BCUT2D eigenvalue weighted by molar-refractivity contribution is 5.93. The SMILES string of the molecule is O=C(NCCn1nc2c(cc1=O)CCCC2)c1ccncc1. The maximum atomic E-state index is 12.0. The van der Waals surface area contributed by atoms with Crippen molar-refractivity contribution < 1.29 is 4.79 Å². The molecule has 22 heavy (non-hydrogen) atoms. The fourth-order valence-electron chi connectivity index (χ4n) is 2.64. The topological polar surface area (TPSA) is 76.9 Å². The van der Waals surface area contributed by atoms with Gasteiger partial charge in [-0.3, -0.25) is 14.6 Å². The Bertz CT molecular complexity index is 725. The molecule has 1 aliphatic carbocycles. The summed E-state index contributed by atoms with van der Waals surface area (Å²) in [4.78, 5) is 27.8. The third-order valence-corrected chi connectivity index (χ3v) is 3.83. The quantitative estimate of drug-likeness (QED) is 0.911. The van der Waals surface area contributed by atoms with Gasteiger partial charge < -0.3 is 5.32 Å². The summed E-state index contributed by atoms with van der Waals surface area (Å²) in [5, 5.41) is 7.21. The first kappa shape index (κ1) is 14.4. The van der Waals surface area contributed by atoms with Crippen LogP contribution < -0.4 is 10.9 Å². The van der Waals surface area contributed by atoms with E-state index in [1.165, 1.54) is 4.68 Å². The first-order chi connectivity index (χ1) is 10.7. The number of hydrogen-bond acceptors (Lipinski definition) is 4. The number of amides is 1.